The number of anilines is 2. The van der Waals surface area contributed by atoms with E-state index >= 15 is 0 Å². The lowest BCUT2D eigenvalue weighted by Crippen LogP contribution is -2.33. The molecule has 0 bridgehead atoms. The number of carbonyl (C=O) groups excluding carboxylic acids is 1. The number of halogens is 2. The quantitative estimate of drug-likeness (QED) is 0.852. The van der Waals surface area contributed by atoms with E-state index in [-0.39, 0.29) is 18.7 Å². The monoisotopic (exact) mass is 368 g/mol. The molecule has 0 saturated heterocycles. The van der Waals surface area contributed by atoms with E-state index in [1.165, 1.54) is 0 Å². The van der Waals surface area contributed by atoms with Crippen LogP contribution in [0.25, 0.3) is 0 Å². The lowest BCUT2D eigenvalue weighted by molar-refractivity contribution is -0.116. The van der Waals surface area contributed by atoms with Crippen LogP contribution < -0.4 is 9.62 Å². The van der Waals surface area contributed by atoms with Crippen LogP contribution in [0, 0.1) is 18.6 Å². The van der Waals surface area contributed by atoms with Gasteiger partial charge in [-0.25, -0.2) is 17.2 Å². The second-order valence-electron chi connectivity index (χ2n) is 5.59. The molecule has 0 aliphatic rings. The first-order chi connectivity index (χ1) is 11.7. The van der Waals surface area contributed by atoms with Gasteiger partial charge in [0.2, 0.25) is 15.9 Å². The van der Waals surface area contributed by atoms with E-state index in [0.717, 1.165) is 28.3 Å². The fourth-order valence-electron chi connectivity index (χ4n) is 2.20. The lowest BCUT2D eigenvalue weighted by Gasteiger charge is -2.22. The summed E-state index contributed by atoms with van der Waals surface area (Å²) in [5, 5.41) is 2.30. The summed E-state index contributed by atoms with van der Waals surface area (Å²) in [4.78, 5) is 12.0. The van der Waals surface area contributed by atoms with Crippen molar-refractivity contribution >= 4 is 27.3 Å². The minimum Gasteiger partial charge on any atom is -0.324 e. The minimum atomic E-state index is -3.58. The molecule has 0 atom stereocenters. The van der Waals surface area contributed by atoms with Crippen LogP contribution in [0.15, 0.2) is 42.5 Å². The number of sulfonamides is 1. The highest BCUT2D eigenvalue weighted by atomic mass is 32.2. The zero-order valence-corrected chi connectivity index (χ0v) is 14.6. The summed E-state index contributed by atoms with van der Waals surface area (Å²) in [5.41, 5.74) is 1.25. The molecule has 2 aromatic carbocycles. The van der Waals surface area contributed by atoms with Gasteiger partial charge in [-0.1, -0.05) is 17.7 Å². The molecule has 0 aliphatic heterocycles. The van der Waals surface area contributed by atoms with Crippen molar-refractivity contribution in [2.45, 2.75) is 13.3 Å². The normalized spacial score (nSPS) is 11.2. The van der Waals surface area contributed by atoms with Crippen molar-refractivity contribution in [1.29, 1.82) is 0 Å². The summed E-state index contributed by atoms with van der Waals surface area (Å²) in [6.45, 7) is 1.77. The molecule has 2 rings (SSSR count). The topological polar surface area (TPSA) is 66.5 Å². The highest BCUT2D eigenvalue weighted by molar-refractivity contribution is 7.92. The van der Waals surface area contributed by atoms with Gasteiger partial charge in [-0.2, -0.15) is 0 Å². The van der Waals surface area contributed by atoms with E-state index in [9.17, 15) is 22.0 Å². The smallest absolute Gasteiger partial charge is 0.232 e. The van der Waals surface area contributed by atoms with E-state index < -0.39 is 27.6 Å². The average Bonchev–Trinajstić information content (AvgIpc) is 2.51. The summed E-state index contributed by atoms with van der Waals surface area (Å²) in [6, 6.07) is 9.61. The highest BCUT2D eigenvalue weighted by Crippen LogP contribution is 2.19. The van der Waals surface area contributed by atoms with Crippen LogP contribution in [0.5, 0.6) is 0 Å². The maximum Gasteiger partial charge on any atom is 0.232 e. The average molecular weight is 368 g/mol. The Morgan fingerprint density at radius 3 is 2.32 bits per heavy atom. The molecule has 0 heterocycles. The van der Waals surface area contributed by atoms with Gasteiger partial charge in [-0.05, 0) is 31.2 Å². The predicted octanol–water partition coefficient (Wildman–Crippen LogP) is 3.07. The van der Waals surface area contributed by atoms with Crippen LogP contribution in [0.3, 0.4) is 0 Å². The molecule has 0 radical (unpaired) electrons. The van der Waals surface area contributed by atoms with Crippen molar-refractivity contribution < 1.29 is 22.0 Å². The predicted molar refractivity (Wildman–Crippen MR) is 93.0 cm³/mol. The summed E-state index contributed by atoms with van der Waals surface area (Å²) in [5.74, 6) is -2.23. The Kier molecular flexibility index (Phi) is 5.73. The van der Waals surface area contributed by atoms with Crippen LogP contribution in [0.4, 0.5) is 20.2 Å². The van der Waals surface area contributed by atoms with Gasteiger partial charge >= 0.3 is 0 Å². The molecule has 1 amide bonds. The Morgan fingerprint density at radius 2 is 1.76 bits per heavy atom. The van der Waals surface area contributed by atoms with Crippen LogP contribution >= 0.6 is 0 Å². The molecule has 0 aliphatic carbocycles. The van der Waals surface area contributed by atoms with Crippen LogP contribution in [-0.4, -0.2) is 27.1 Å². The van der Waals surface area contributed by atoms with E-state index in [1.54, 1.807) is 24.3 Å². The lowest BCUT2D eigenvalue weighted by atomic mass is 10.2. The summed E-state index contributed by atoms with van der Waals surface area (Å²) in [7, 11) is -3.58. The molecule has 1 N–H and O–H groups in total. The number of hydrogen-bond acceptors (Lipinski definition) is 3. The second kappa shape index (κ2) is 7.60. The largest absolute Gasteiger partial charge is 0.324 e. The molecular formula is C17H18F2N2O3S. The summed E-state index contributed by atoms with van der Waals surface area (Å²) in [6.07, 6.45) is 0.863. The fourth-order valence-corrected chi connectivity index (χ4v) is 3.13. The van der Waals surface area contributed by atoms with Crippen LogP contribution in [0.1, 0.15) is 12.0 Å². The third-order valence-electron chi connectivity index (χ3n) is 3.47. The van der Waals surface area contributed by atoms with Gasteiger partial charge in [0.05, 0.1) is 17.6 Å². The van der Waals surface area contributed by atoms with Crippen molar-refractivity contribution in [2.75, 3.05) is 22.4 Å². The molecule has 2 aromatic rings. The van der Waals surface area contributed by atoms with E-state index in [0.29, 0.717) is 11.8 Å². The fraction of sp³-hybridized carbons (Fsp3) is 0.235. The molecule has 0 spiro atoms. The molecule has 5 nitrogen and oxygen atoms in total. The number of rotatable bonds is 6. The zero-order valence-electron chi connectivity index (χ0n) is 13.8. The van der Waals surface area contributed by atoms with Gasteiger partial charge in [0, 0.05) is 19.0 Å². The Labute approximate surface area is 145 Å². The SMILES string of the molecule is Cc1ccc(N(CCC(=O)Nc2ccc(F)cc2F)S(C)(=O)=O)cc1. The first-order valence-corrected chi connectivity index (χ1v) is 9.31. The maximum atomic E-state index is 13.5. The Balaban J connectivity index is 2.07. The van der Waals surface area contributed by atoms with Gasteiger partial charge in [0.15, 0.2) is 0 Å². The molecule has 0 aromatic heterocycles. The number of aryl methyl sites for hydroxylation is 1. The molecular weight excluding hydrogens is 350 g/mol. The Morgan fingerprint density at radius 1 is 1.12 bits per heavy atom. The molecule has 25 heavy (non-hydrogen) atoms. The molecule has 0 fully saturated rings. The zero-order chi connectivity index (χ0) is 18.6. The first kappa shape index (κ1) is 18.9. The number of nitrogens with zero attached hydrogens (tertiary/aromatic N) is 1. The van der Waals surface area contributed by atoms with E-state index in [2.05, 4.69) is 5.32 Å². The Hall–Kier alpha value is -2.48. The van der Waals surface area contributed by atoms with Gasteiger partial charge < -0.3 is 5.32 Å². The number of hydrogen-bond donors (Lipinski definition) is 1. The third-order valence-corrected chi connectivity index (χ3v) is 4.66. The van der Waals surface area contributed by atoms with E-state index in [1.807, 2.05) is 6.92 Å². The maximum absolute atomic E-state index is 13.5. The second-order valence-corrected chi connectivity index (χ2v) is 7.50. The molecule has 0 unspecified atom stereocenters. The van der Waals surface area contributed by atoms with Crippen molar-refractivity contribution in [3.63, 3.8) is 0 Å². The van der Waals surface area contributed by atoms with Crippen molar-refractivity contribution in [2.24, 2.45) is 0 Å². The molecule has 134 valence electrons. The first-order valence-electron chi connectivity index (χ1n) is 7.46. The third kappa shape index (κ3) is 5.25. The molecule has 8 heteroatoms. The molecule has 0 saturated carbocycles. The minimum absolute atomic E-state index is 0.101. The van der Waals surface area contributed by atoms with Crippen molar-refractivity contribution in [3.8, 4) is 0 Å². The number of benzene rings is 2. The Bertz CT molecular complexity index is 868. The van der Waals surface area contributed by atoms with Crippen LogP contribution in [0.2, 0.25) is 0 Å². The van der Waals surface area contributed by atoms with Gasteiger partial charge in [0.25, 0.3) is 0 Å². The number of amides is 1. The van der Waals surface area contributed by atoms with Gasteiger partial charge in [-0.3, -0.25) is 9.10 Å². The van der Waals surface area contributed by atoms with Crippen LogP contribution in [-0.2, 0) is 14.8 Å². The highest BCUT2D eigenvalue weighted by Gasteiger charge is 2.19. The number of carbonyl (C=O) groups is 1. The van der Waals surface area contributed by atoms with Gasteiger partial charge in [-0.15, -0.1) is 0 Å². The summed E-state index contributed by atoms with van der Waals surface area (Å²) >= 11 is 0. The van der Waals surface area contributed by atoms with Gasteiger partial charge in [0.1, 0.15) is 11.6 Å². The van der Waals surface area contributed by atoms with E-state index in [4.69, 9.17) is 0 Å². The number of nitrogens with one attached hydrogen (secondary N) is 1. The van der Waals surface area contributed by atoms with Crippen molar-refractivity contribution in [1.82, 2.24) is 0 Å². The van der Waals surface area contributed by atoms with Crippen molar-refractivity contribution in [3.05, 3.63) is 59.7 Å². The summed E-state index contributed by atoms with van der Waals surface area (Å²) < 4.78 is 51.4. The standard InChI is InChI=1S/C17H18F2N2O3S/c1-12-3-6-14(7-4-12)21(25(2,23)24)10-9-17(22)20-16-8-5-13(18)11-15(16)19/h3-8,11H,9-10H2,1-2H3,(H,20,22).